The number of nitrogens with one attached hydrogen (secondary N) is 1. The molecule has 4 nitrogen and oxygen atoms in total. The van der Waals surface area contributed by atoms with E-state index in [0.717, 1.165) is 30.2 Å². The Kier molecular flexibility index (Phi) is 4.68. The third-order valence-corrected chi connectivity index (χ3v) is 3.50. The lowest BCUT2D eigenvalue weighted by atomic mass is 10.2. The van der Waals surface area contributed by atoms with Gasteiger partial charge in [-0.05, 0) is 18.9 Å². The molecule has 0 bridgehead atoms. The highest BCUT2D eigenvalue weighted by Crippen LogP contribution is 2.06. The molecule has 0 saturated carbocycles. The minimum absolute atomic E-state index is 0.00977. The molecule has 4 heteroatoms. The summed E-state index contributed by atoms with van der Waals surface area (Å²) < 4.78 is 1.54. The number of hydrogen-bond donors (Lipinski definition) is 1. The van der Waals surface area contributed by atoms with E-state index in [1.165, 1.54) is 4.68 Å². The number of fused-ring (bicyclic) bond motifs is 1. The van der Waals surface area contributed by atoms with Gasteiger partial charge in [0.05, 0.1) is 18.1 Å². The molecule has 19 heavy (non-hydrogen) atoms. The van der Waals surface area contributed by atoms with Crippen LogP contribution in [-0.4, -0.2) is 22.4 Å². The average molecular weight is 259 g/mol. The number of nitrogens with zero attached hydrogens (tertiary/aromatic N) is 2. The molecular weight excluding hydrogens is 238 g/mol. The molecule has 2 rings (SSSR count). The van der Waals surface area contributed by atoms with E-state index in [1.807, 2.05) is 24.3 Å². The highest BCUT2D eigenvalue weighted by molar-refractivity contribution is 5.80. The van der Waals surface area contributed by atoms with Crippen LogP contribution in [-0.2, 0) is 6.54 Å². The summed E-state index contributed by atoms with van der Waals surface area (Å²) in [6.07, 6.45) is 3.97. The largest absolute Gasteiger partial charge is 0.312 e. The fourth-order valence-electron chi connectivity index (χ4n) is 2.24. The first-order valence-electron chi connectivity index (χ1n) is 6.94. The molecule has 1 heterocycles. The van der Waals surface area contributed by atoms with Gasteiger partial charge in [0.2, 0.25) is 0 Å². The van der Waals surface area contributed by atoms with Crippen LogP contribution in [0.1, 0.15) is 26.7 Å². The summed E-state index contributed by atoms with van der Waals surface area (Å²) in [5.41, 5.74) is -0.00977. The fraction of sp³-hybridized carbons (Fsp3) is 0.467. The van der Waals surface area contributed by atoms with E-state index < -0.39 is 0 Å². The standard InChI is InChI=1S/C15H21N3O/c1-3-13(4-2)16-9-10-18-15(19)14-8-6-5-7-12(14)11-17-18/h5-8,11,13,16H,3-4,9-10H2,1-2H3. The van der Waals surface area contributed by atoms with Crippen LogP contribution in [0.15, 0.2) is 35.3 Å². The Morgan fingerprint density at radius 1 is 1.26 bits per heavy atom. The Morgan fingerprint density at radius 2 is 2.00 bits per heavy atom. The molecular formula is C15H21N3O. The SMILES string of the molecule is CCC(CC)NCCn1ncc2ccccc2c1=O. The Balaban J connectivity index is 2.09. The zero-order chi connectivity index (χ0) is 13.7. The highest BCUT2D eigenvalue weighted by atomic mass is 16.1. The van der Waals surface area contributed by atoms with Crippen LogP contribution >= 0.6 is 0 Å². The van der Waals surface area contributed by atoms with Crippen molar-refractivity contribution in [1.82, 2.24) is 15.1 Å². The highest BCUT2D eigenvalue weighted by Gasteiger charge is 2.05. The van der Waals surface area contributed by atoms with Gasteiger partial charge in [0.25, 0.3) is 5.56 Å². The van der Waals surface area contributed by atoms with Crippen molar-refractivity contribution in [3.8, 4) is 0 Å². The van der Waals surface area contributed by atoms with Crippen LogP contribution < -0.4 is 10.9 Å². The van der Waals surface area contributed by atoms with Crippen molar-refractivity contribution in [3.05, 3.63) is 40.8 Å². The summed E-state index contributed by atoms with van der Waals surface area (Å²) in [6.45, 7) is 5.72. The van der Waals surface area contributed by atoms with E-state index in [0.29, 0.717) is 12.6 Å². The number of aromatic nitrogens is 2. The molecule has 0 aliphatic rings. The van der Waals surface area contributed by atoms with Crippen LogP contribution in [0, 0.1) is 0 Å². The summed E-state index contributed by atoms with van der Waals surface area (Å²) in [7, 11) is 0. The lowest BCUT2D eigenvalue weighted by molar-refractivity contribution is 0.448. The third kappa shape index (κ3) is 3.20. The maximum absolute atomic E-state index is 12.2. The Bertz CT molecular complexity index is 587. The van der Waals surface area contributed by atoms with Gasteiger partial charge >= 0.3 is 0 Å². The van der Waals surface area contributed by atoms with Crippen molar-refractivity contribution in [3.63, 3.8) is 0 Å². The van der Waals surface area contributed by atoms with Crippen LogP contribution in [0.2, 0.25) is 0 Å². The van der Waals surface area contributed by atoms with Gasteiger partial charge in [0.15, 0.2) is 0 Å². The third-order valence-electron chi connectivity index (χ3n) is 3.50. The maximum atomic E-state index is 12.2. The van der Waals surface area contributed by atoms with E-state index in [1.54, 1.807) is 6.20 Å². The molecule has 0 atom stereocenters. The Morgan fingerprint density at radius 3 is 2.74 bits per heavy atom. The summed E-state index contributed by atoms with van der Waals surface area (Å²) in [5, 5.41) is 9.30. The van der Waals surface area contributed by atoms with Crippen LogP contribution in [0.3, 0.4) is 0 Å². The van der Waals surface area contributed by atoms with Crippen LogP contribution in [0.4, 0.5) is 0 Å². The maximum Gasteiger partial charge on any atom is 0.274 e. The molecule has 0 amide bonds. The first-order valence-corrected chi connectivity index (χ1v) is 6.94. The van der Waals surface area contributed by atoms with Crippen molar-refractivity contribution in [2.75, 3.05) is 6.54 Å². The molecule has 0 aliphatic carbocycles. The zero-order valence-corrected chi connectivity index (χ0v) is 11.6. The normalized spacial score (nSPS) is 11.3. The molecule has 1 aromatic carbocycles. The predicted octanol–water partition coefficient (Wildman–Crippen LogP) is 2.17. The molecule has 1 aromatic heterocycles. The first kappa shape index (κ1) is 13.7. The lowest BCUT2D eigenvalue weighted by Crippen LogP contribution is -2.34. The predicted molar refractivity (Wildman–Crippen MR) is 78.4 cm³/mol. The van der Waals surface area contributed by atoms with Gasteiger partial charge in [-0.1, -0.05) is 32.0 Å². The zero-order valence-electron chi connectivity index (χ0n) is 11.6. The van der Waals surface area contributed by atoms with Gasteiger partial charge in [-0.2, -0.15) is 5.10 Å². The average Bonchev–Trinajstić information content (AvgIpc) is 2.46. The smallest absolute Gasteiger partial charge is 0.274 e. The summed E-state index contributed by atoms with van der Waals surface area (Å²) in [6, 6.07) is 8.09. The molecule has 0 radical (unpaired) electrons. The van der Waals surface area contributed by atoms with Crippen molar-refractivity contribution in [2.45, 2.75) is 39.3 Å². The summed E-state index contributed by atoms with van der Waals surface area (Å²) in [5.74, 6) is 0. The molecule has 2 aromatic rings. The van der Waals surface area contributed by atoms with Crippen LogP contribution in [0.5, 0.6) is 0 Å². The molecule has 102 valence electrons. The lowest BCUT2D eigenvalue weighted by Gasteiger charge is -2.14. The van der Waals surface area contributed by atoms with Gasteiger partial charge in [0.1, 0.15) is 0 Å². The minimum atomic E-state index is -0.00977. The number of hydrogen-bond acceptors (Lipinski definition) is 3. The first-order chi connectivity index (χ1) is 9.26. The minimum Gasteiger partial charge on any atom is -0.312 e. The fourth-order valence-corrected chi connectivity index (χ4v) is 2.24. The molecule has 0 fully saturated rings. The molecule has 0 spiro atoms. The second kappa shape index (κ2) is 6.48. The second-order valence-corrected chi connectivity index (χ2v) is 4.73. The Labute approximate surface area is 113 Å². The van der Waals surface area contributed by atoms with E-state index >= 15 is 0 Å². The van der Waals surface area contributed by atoms with E-state index in [4.69, 9.17) is 0 Å². The topological polar surface area (TPSA) is 46.9 Å². The van der Waals surface area contributed by atoms with Gasteiger partial charge in [-0.3, -0.25) is 4.79 Å². The van der Waals surface area contributed by atoms with Crippen molar-refractivity contribution in [1.29, 1.82) is 0 Å². The van der Waals surface area contributed by atoms with Crippen molar-refractivity contribution in [2.24, 2.45) is 0 Å². The number of rotatable bonds is 6. The quantitative estimate of drug-likeness (QED) is 0.865. The summed E-state index contributed by atoms with van der Waals surface area (Å²) in [4.78, 5) is 12.2. The van der Waals surface area contributed by atoms with Gasteiger partial charge in [-0.25, -0.2) is 4.68 Å². The molecule has 0 aliphatic heterocycles. The van der Waals surface area contributed by atoms with Crippen molar-refractivity contribution >= 4 is 10.8 Å². The molecule has 0 saturated heterocycles. The van der Waals surface area contributed by atoms with Gasteiger partial charge in [0, 0.05) is 18.0 Å². The van der Waals surface area contributed by atoms with E-state index in [9.17, 15) is 4.79 Å². The van der Waals surface area contributed by atoms with Gasteiger partial charge < -0.3 is 5.32 Å². The van der Waals surface area contributed by atoms with E-state index in [-0.39, 0.29) is 5.56 Å². The summed E-state index contributed by atoms with van der Waals surface area (Å²) >= 11 is 0. The van der Waals surface area contributed by atoms with Gasteiger partial charge in [-0.15, -0.1) is 0 Å². The van der Waals surface area contributed by atoms with E-state index in [2.05, 4.69) is 24.3 Å². The second-order valence-electron chi connectivity index (χ2n) is 4.73. The van der Waals surface area contributed by atoms with Crippen LogP contribution in [0.25, 0.3) is 10.8 Å². The monoisotopic (exact) mass is 259 g/mol. The number of benzene rings is 1. The molecule has 0 unspecified atom stereocenters. The van der Waals surface area contributed by atoms with Crippen molar-refractivity contribution < 1.29 is 0 Å². The molecule has 1 N–H and O–H groups in total. The Hall–Kier alpha value is -1.68.